The first-order valence-corrected chi connectivity index (χ1v) is 6.62. The Bertz CT molecular complexity index is 151. The summed E-state index contributed by atoms with van der Waals surface area (Å²) >= 11 is 0. The maximum absolute atomic E-state index is 8.92. The van der Waals surface area contributed by atoms with E-state index in [0.29, 0.717) is 12.6 Å². The summed E-state index contributed by atoms with van der Waals surface area (Å²) in [4.78, 5) is 2.60. The molecule has 1 fully saturated rings. The number of aliphatic hydroxyl groups is 1. The Morgan fingerprint density at radius 1 is 1.13 bits per heavy atom. The summed E-state index contributed by atoms with van der Waals surface area (Å²) < 4.78 is 0. The molecule has 0 bridgehead atoms. The minimum absolute atomic E-state index is 0.329. The average Bonchev–Trinajstić information content (AvgIpc) is 2.47. The van der Waals surface area contributed by atoms with E-state index in [1.165, 1.54) is 38.5 Å². The Hall–Kier alpha value is -0.0800. The van der Waals surface area contributed by atoms with Gasteiger partial charge in [0.05, 0.1) is 0 Å². The zero-order valence-corrected chi connectivity index (χ0v) is 10.4. The van der Waals surface area contributed by atoms with E-state index >= 15 is 0 Å². The van der Waals surface area contributed by atoms with Crippen LogP contribution in [0.2, 0.25) is 0 Å². The topological polar surface area (TPSA) is 23.5 Å². The van der Waals surface area contributed by atoms with E-state index in [1.54, 1.807) is 0 Å². The molecule has 0 amide bonds. The molecule has 0 aromatic carbocycles. The number of rotatable bonds is 5. The summed E-state index contributed by atoms with van der Waals surface area (Å²) in [5, 5.41) is 8.92. The summed E-state index contributed by atoms with van der Waals surface area (Å²) in [7, 11) is 0. The molecule has 2 heteroatoms. The average molecular weight is 213 g/mol. The largest absolute Gasteiger partial charge is 0.396 e. The third kappa shape index (κ3) is 4.52. The molecule has 0 radical (unpaired) electrons. The lowest BCUT2D eigenvalue weighted by atomic mass is 10.1. The van der Waals surface area contributed by atoms with Crippen LogP contribution in [0.1, 0.15) is 58.8 Å². The molecule has 0 atom stereocenters. The van der Waals surface area contributed by atoms with E-state index in [4.69, 9.17) is 5.11 Å². The molecule has 90 valence electrons. The monoisotopic (exact) mass is 213 g/mol. The molecule has 1 rings (SSSR count). The lowest BCUT2D eigenvalue weighted by Gasteiger charge is -2.34. The minimum Gasteiger partial charge on any atom is -0.396 e. The zero-order chi connectivity index (χ0) is 11.1. The van der Waals surface area contributed by atoms with E-state index in [2.05, 4.69) is 18.7 Å². The van der Waals surface area contributed by atoms with Gasteiger partial charge in [0.25, 0.3) is 0 Å². The van der Waals surface area contributed by atoms with Gasteiger partial charge >= 0.3 is 0 Å². The molecule has 0 aliphatic heterocycles. The van der Waals surface area contributed by atoms with Gasteiger partial charge in [-0.2, -0.15) is 0 Å². The van der Waals surface area contributed by atoms with Crippen LogP contribution in [0.15, 0.2) is 0 Å². The van der Waals surface area contributed by atoms with Crippen LogP contribution in [0, 0.1) is 0 Å². The van der Waals surface area contributed by atoms with E-state index < -0.39 is 0 Å². The van der Waals surface area contributed by atoms with Crippen molar-refractivity contribution < 1.29 is 5.11 Å². The molecule has 1 saturated carbocycles. The maximum atomic E-state index is 8.92. The molecular formula is C13H27NO. The van der Waals surface area contributed by atoms with Crippen molar-refractivity contribution >= 4 is 0 Å². The van der Waals surface area contributed by atoms with Gasteiger partial charge in [-0.25, -0.2) is 0 Å². The minimum atomic E-state index is 0.329. The van der Waals surface area contributed by atoms with Gasteiger partial charge in [-0.1, -0.05) is 25.7 Å². The Morgan fingerprint density at radius 3 is 2.20 bits per heavy atom. The van der Waals surface area contributed by atoms with Gasteiger partial charge in [-0.3, -0.25) is 4.90 Å². The summed E-state index contributed by atoms with van der Waals surface area (Å²) in [6, 6.07) is 1.40. The molecule has 0 unspecified atom stereocenters. The van der Waals surface area contributed by atoms with Crippen LogP contribution in [0.4, 0.5) is 0 Å². The summed E-state index contributed by atoms with van der Waals surface area (Å²) in [6.07, 6.45) is 9.28. The quantitative estimate of drug-likeness (QED) is 0.710. The van der Waals surface area contributed by atoms with Gasteiger partial charge in [0, 0.05) is 25.2 Å². The van der Waals surface area contributed by atoms with Gasteiger partial charge in [0.2, 0.25) is 0 Å². The first-order chi connectivity index (χ1) is 7.25. The van der Waals surface area contributed by atoms with Gasteiger partial charge in [-0.05, 0) is 33.1 Å². The standard InChI is InChI=1S/C13H27NO/c1-12(2)14(10-7-11-15)13-8-5-3-4-6-9-13/h12-13,15H,3-11H2,1-2H3. The molecule has 1 aliphatic carbocycles. The molecule has 0 heterocycles. The predicted octanol–water partition coefficient (Wildman–Crippen LogP) is 2.80. The first-order valence-electron chi connectivity index (χ1n) is 6.62. The number of nitrogens with zero attached hydrogens (tertiary/aromatic N) is 1. The number of aliphatic hydroxyl groups excluding tert-OH is 1. The van der Waals surface area contributed by atoms with Crippen molar-refractivity contribution in [2.24, 2.45) is 0 Å². The van der Waals surface area contributed by atoms with Crippen LogP contribution < -0.4 is 0 Å². The van der Waals surface area contributed by atoms with Crippen molar-refractivity contribution in [3.8, 4) is 0 Å². The molecule has 1 N–H and O–H groups in total. The maximum Gasteiger partial charge on any atom is 0.0443 e. The fraction of sp³-hybridized carbons (Fsp3) is 1.00. The Balaban J connectivity index is 2.44. The fourth-order valence-electron chi connectivity index (χ4n) is 2.71. The van der Waals surface area contributed by atoms with Crippen molar-refractivity contribution in [2.75, 3.05) is 13.2 Å². The molecule has 0 aromatic rings. The molecule has 1 aliphatic rings. The molecule has 0 aromatic heterocycles. The Kier molecular flexibility index (Phi) is 6.26. The molecular weight excluding hydrogens is 186 g/mol. The highest BCUT2D eigenvalue weighted by molar-refractivity contribution is 4.77. The van der Waals surface area contributed by atoms with Crippen molar-refractivity contribution in [3.05, 3.63) is 0 Å². The number of hydrogen-bond acceptors (Lipinski definition) is 2. The van der Waals surface area contributed by atoms with Crippen LogP contribution in [-0.4, -0.2) is 35.2 Å². The van der Waals surface area contributed by atoms with Gasteiger partial charge in [0.15, 0.2) is 0 Å². The van der Waals surface area contributed by atoms with Crippen LogP contribution >= 0.6 is 0 Å². The summed E-state index contributed by atoms with van der Waals surface area (Å²) in [5.74, 6) is 0. The van der Waals surface area contributed by atoms with E-state index in [1.807, 2.05) is 0 Å². The second kappa shape index (κ2) is 7.24. The second-order valence-corrected chi connectivity index (χ2v) is 5.05. The third-order valence-electron chi connectivity index (χ3n) is 3.53. The Labute approximate surface area is 94.7 Å². The molecule has 0 spiro atoms. The summed E-state index contributed by atoms with van der Waals surface area (Å²) in [5.41, 5.74) is 0. The lowest BCUT2D eigenvalue weighted by molar-refractivity contribution is 0.126. The van der Waals surface area contributed by atoms with Crippen LogP contribution in [-0.2, 0) is 0 Å². The second-order valence-electron chi connectivity index (χ2n) is 5.05. The normalized spacial score (nSPS) is 19.8. The van der Waals surface area contributed by atoms with Crippen molar-refractivity contribution in [3.63, 3.8) is 0 Å². The zero-order valence-electron chi connectivity index (χ0n) is 10.4. The third-order valence-corrected chi connectivity index (χ3v) is 3.53. The molecule has 15 heavy (non-hydrogen) atoms. The molecule has 2 nitrogen and oxygen atoms in total. The fourth-order valence-corrected chi connectivity index (χ4v) is 2.71. The number of hydrogen-bond donors (Lipinski definition) is 1. The lowest BCUT2D eigenvalue weighted by Crippen LogP contribution is -2.41. The highest BCUT2D eigenvalue weighted by atomic mass is 16.3. The van der Waals surface area contributed by atoms with Gasteiger partial charge < -0.3 is 5.11 Å². The van der Waals surface area contributed by atoms with E-state index in [0.717, 1.165) is 19.0 Å². The Morgan fingerprint density at radius 2 is 1.73 bits per heavy atom. The van der Waals surface area contributed by atoms with E-state index in [9.17, 15) is 0 Å². The van der Waals surface area contributed by atoms with Crippen LogP contribution in [0.3, 0.4) is 0 Å². The van der Waals surface area contributed by atoms with Crippen LogP contribution in [0.25, 0.3) is 0 Å². The summed E-state index contributed by atoms with van der Waals surface area (Å²) in [6.45, 7) is 5.96. The van der Waals surface area contributed by atoms with Gasteiger partial charge in [0.1, 0.15) is 0 Å². The van der Waals surface area contributed by atoms with Crippen molar-refractivity contribution in [1.29, 1.82) is 0 Å². The first kappa shape index (κ1) is 13.0. The SMILES string of the molecule is CC(C)N(CCCO)C1CCCCCC1. The van der Waals surface area contributed by atoms with Crippen LogP contribution in [0.5, 0.6) is 0 Å². The predicted molar refractivity (Wildman–Crippen MR) is 65.0 cm³/mol. The smallest absolute Gasteiger partial charge is 0.0443 e. The molecule has 0 saturated heterocycles. The van der Waals surface area contributed by atoms with Crippen molar-refractivity contribution in [2.45, 2.75) is 70.9 Å². The highest BCUT2D eigenvalue weighted by Gasteiger charge is 2.21. The van der Waals surface area contributed by atoms with Gasteiger partial charge in [-0.15, -0.1) is 0 Å². The van der Waals surface area contributed by atoms with E-state index in [-0.39, 0.29) is 0 Å². The highest BCUT2D eigenvalue weighted by Crippen LogP contribution is 2.23. The van der Waals surface area contributed by atoms with Crippen molar-refractivity contribution in [1.82, 2.24) is 4.90 Å².